The second-order valence-corrected chi connectivity index (χ2v) is 4.93. The van der Waals surface area contributed by atoms with Crippen LogP contribution in [0.5, 0.6) is 0 Å². The number of carbonyl (C=O) groups excluding carboxylic acids is 1. The zero-order chi connectivity index (χ0) is 12.1. The van der Waals surface area contributed by atoms with Gasteiger partial charge in [-0.15, -0.1) is 0 Å². The minimum absolute atomic E-state index is 0.186. The summed E-state index contributed by atoms with van der Waals surface area (Å²) in [4.78, 5) is 13.4. The van der Waals surface area contributed by atoms with E-state index in [9.17, 15) is 4.79 Å². The maximum absolute atomic E-state index is 11.5. The number of nitrogens with zero attached hydrogens (tertiary/aromatic N) is 1. The number of ether oxygens (including phenoxy) is 1. The van der Waals surface area contributed by atoms with Gasteiger partial charge in [-0.2, -0.15) is 0 Å². The van der Waals surface area contributed by atoms with Crippen LogP contribution < -0.4 is 5.73 Å². The average Bonchev–Trinajstić information content (AvgIpc) is 2.00. The van der Waals surface area contributed by atoms with Crippen molar-refractivity contribution in [1.82, 2.24) is 4.90 Å². The fraction of sp³-hybridized carbons (Fsp3) is 0.909. The van der Waals surface area contributed by atoms with E-state index >= 15 is 0 Å². The van der Waals surface area contributed by atoms with Gasteiger partial charge in [-0.25, -0.2) is 0 Å². The SMILES string of the molecule is CC(CCN)N(C)CC(=O)OC(C)(C)C. The molecule has 0 aromatic rings. The van der Waals surface area contributed by atoms with Crippen molar-refractivity contribution < 1.29 is 9.53 Å². The summed E-state index contributed by atoms with van der Waals surface area (Å²) in [5.41, 5.74) is 5.05. The molecule has 0 aliphatic heterocycles. The molecule has 0 aromatic carbocycles. The minimum Gasteiger partial charge on any atom is -0.459 e. The Labute approximate surface area is 92.8 Å². The second-order valence-electron chi connectivity index (χ2n) is 4.93. The van der Waals surface area contributed by atoms with Crippen LogP contribution in [0.4, 0.5) is 0 Å². The molecule has 0 saturated heterocycles. The Morgan fingerprint density at radius 2 is 2.00 bits per heavy atom. The molecule has 0 radical (unpaired) electrons. The summed E-state index contributed by atoms with van der Waals surface area (Å²) in [6.07, 6.45) is 0.888. The molecule has 0 heterocycles. The standard InChI is InChI=1S/C11H24N2O2/c1-9(6-7-12)13(5)8-10(14)15-11(2,3)4/h9H,6-8,12H2,1-5H3. The van der Waals surface area contributed by atoms with Crippen LogP contribution in [-0.2, 0) is 9.53 Å². The molecule has 0 fully saturated rings. The molecule has 0 bridgehead atoms. The fourth-order valence-electron chi connectivity index (χ4n) is 1.19. The quantitative estimate of drug-likeness (QED) is 0.697. The Morgan fingerprint density at radius 1 is 1.47 bits per heavy atom. The predicted molar refractivity (Wildman–Crippen MR) is 61.6 cm³/mol. The van der Waals surface area contributed by atoms with Crippen molar-refractivity contribution in [1.29, 1.82) is 0 Å². The van der Waals surface area contributed by atoms with Crippen LogP contribution in [0.15, 0.2) is 0 Å². The lowest BCUT2D eigenvalue weighted by molar-refractivity contribution is -0.156. The largest absolute Gasteiger partial charge is 0.459 e. The van der Waals surface area contributed by atoms with Gasteiger partial charge < -0.3 is 10.5 Å². The van der Waals surface area contributed by atoms with Crippen LogP contribution in [0.3, 0.4) is 0 Å². The second kappa shape index (κ2) is 6.08. The van der Waals surface area contributed by atoms with E-state index < -0.39 is 5.60 Å². The van der Waals surface area contributed by atoms with Crippen LogP contribution in [0, 0.1) is 0 Å². The van der Waals surface area contributed by atoms with Gasteiger partial charge in [-0.3, -0.25) is 9.69 Å². The molecule has 0 rings (SSSR count). The number of hydrogen-bond donors (Lipinski definition) is 1. The van der Waals surface area contributed by atoms with Crippen molar-refractivity contribution in [2.45, 2.75) is 45.8 Å². The van der Waals surface area contributed by atoms with Crippen LogP contribution in [0.2, 0.25) is 0 Å². The summed E-state index contributed by atoms with van der Waals surface area (Å²) in [5.74, 6) is -0.186. The molecule has 0 saturated carbocycles. The monoisotopic (exact) mass is 216 g/mol. The van der Waals surface area contributed by atoms with Gasteiger partial charge in [-0.05, 0) is 47.7 Å². The average molecular weight is 216 g/mol. The molecule has 0 aromatic heterocycles. The zero-order valence-corrected chi connectivity index (χ0v) is 10.5. The van der Waals surface area contributed by atoms with Gasteiger partial charge in [0.1, 0.15) is 5.60 Å². The first-order valence-corrected chi connectivity index (χ1v) is 5.38. The van der Waals surface area contributed by atoms with Gasteiger partial charge in [0.2, 0.25) is 0 Å². The van der Waals surface area contributed by atoms with Crippen LogP contribution in [-0.4, -0.2) is 42.6 Å². The number of esters is 1. The highest BCUT2D eigenvalue weighted by Gasteiger charge is 2.19. The number of hydrogen-bond acceptors (Lipinski definition) is 4. The van der Waals surface area contributed by atoms with Crippen molar-refractivity contribution >= 4 is 5.97 Å². The van der Waals surface area contributed by atoms with Gasteiger partial charge in [0.15, 0.2) is 0 Å². The molecule has 4 heteroatoms. The van der Waals surface area contributed by atoms with Gasteiger partial charge in [0, 0.05) is 6.04 Å². The van der Waals surface area contributed by atoms with Gasteiger partial charge in [0.05, 0.1) is 6.54 Å². The summed E-state index contributed by atoms with van der Waals surface area (Å²) in [5, 5.41) is 0. The highest BCUT2D eigenvalue weighted by molar-refractivity contribution is 5.72. The zero-order valence-electron chi connectivity index (χ0n) is 10.5. The number of rotatable bonds is 5. The lowest BCUT2D eigenvalue weighted by Gasteiger charge is -2.26. The molecule has 15 heavy (non-hydrogen) atoms. The lowest BCUT2D eigenvalue weighted by atomic mass is 10.2. The molecule has 0 amide bonds. The first-order chi connectivity index (χ1) is 6.76. The summed E-state index contributed by atoms with van der Waals surface area (Å²) in [6, 6.07) is 0.308. The lowest BCUT2D eigenvalue weighted by Crippen LogP contribution is -2.38. The van der Waals surface area contributed by atoms with Gasteiger partial charge in [-0.1, -0.05) is 0 Å². The maximum atomic E-state index is 11.5. The van der Waals surface area contributed by atoms with Crippen molar-refractivity contribution in [2.24, 2.45) is 5.73 Å². The van der Waals surface area contributed by atoms with Crippen molar-refractivity contribution in [3.8, 4) is 0 Å². The third-order valence-corrected chi connectivity index (χ3v) is 2.14. The normalized spacial score (nSPS) is 14.1. The summed E-state index contributed by atoms with van der Waals surface area (Å²) >= 11 is 0. The molecule has 4 nitrogen and oxygen atoms in total. The van der Waals surface area contributed by atoms with E-state index in [0.29, 0.717) is 19.1 Å². The third kappa shape index (κ3) is 7.33. The Balaban J connectivity index is 3.96. The van der Waals surface area contributed by atoms with E-state index in [2.05, 4.69) is 6.92 Å². The summed E-state index contributed by atoms with van der Waals surface area (Å²) in [7, 11) is 1.91. The van der Waals surface area contributed by atoms with Gasteiger partial charge in [0.25, 0.3) is 0 Å². The Kier molecular flexibility index (Phi) is 5.83. The highest BCUT2D eigenvalue weighted by Crippen LogP contribution is 2.08. The van der Waals surface area contributed by atoms with Crippen LogP contribution >= 0.6 is 0 Å². The topological polar surface area (TPSA) is 55.6 Å². The third-order valence-electron chi connectivity index (χ3n) is 2.14. The molecule has 1 unspecified atom stereocenters. The van der Waals surface area contributed by atoms with E-state index in [1.54, 1.807) is 0 Å². The molecule has 0 spiro atoms. The number of carbonyl (C=O) groups is 1. The molecule has 0 aliphatic carbocycles. The first-order valence-electron chi connectivity index (χ1n) is 5.38. The highest BCUT2D eigenvalue weighted by atomic mass is 16.6. The summed E-state index contributed by atoms with van der Waals surface area (Å²) < 4.78 is 5.22. The molecule has 1 atom stereocenters. The van der Waals surface area contributed by atoms with Crippen LogP contribution in [0.1, 0.15) is 34.1 Å². The first kappa shape index (κ1) is 14.4. The van der Waals surface area contributed by atoms with E-state index in [1.165, 1.54) is 0 Å². The van der Waals surface area contributed by atoms with Crippen molar-refractivity contribution in [3.63, 3.8) is 0 Å². The van der Waals surface area contributed by atoms with E-state index in [1.807, 2.05) is 32.7 Å². The fourth-order valence-corrected chi connectivity index (χ4v) is 1.19. The van der Waals surface area contributed by atoms with E-state index in [-0.39, 0.29) is 5.97 Å². The maximum Gasteiger partial charge on any atom is 0.320 e. The Morgan fingerprint density at radius 3 is 2.40 bits per heavy atom. The molecular weight excluding hydrogens is 192 g/mol. The van der Waals surface area contributed by atoms with Crippen molar-refractivity contribution in [3.05, 3.63) is 0 Å². The predicted octanol–water partition coefficient (Wildman–Crippen LogP) is 0.997. The Hall–Kier alpha value is -0.610. The molecule has 90 valence electrons. The summed E-state index contributed by atoms with van der Waals surface area (Å²) in [6.45, 7) is 8.62. The van der Waals surface area contributed by atoms with Gasteiger partial charge >= 0.3 is 5.97 Å². The smallest absolute Gasteiger partial charge is 0.320 e. The molecule has 0 aliphatic rings. The van der Waals surface area contributed by atoms with Crippen molar-refractivity contribution in [2.75, 3.05) is 20.1 Å². The molecular formula is C11H24N2O2. The number of nitrogens with two attached hydrogens (primary N) is 1. The Bertz CT molecular complexity index is 199. The number of likely N-dealkylation sites (N-methyl/N-ethyl adjacent to an activating group) is 1. The molecule has 2 N–H and O–H groups in total. The van der Waals surface area contributed by atoms with Crippen LogP contribution in [0.25, 0.3) is 0 Å². The minimum atomic E-state index is -0.408. The van der Waals surface area contributed by atoms with E-state index in [0.717, 1.165) is 6.42 Å². The van der Waals surface area contributed by atoms with E-state index in [4.69, 9.17) is 10.5 Å².